The fraction of sp³-hybridized carbons (Fsp3) is 0.0952. The van der Waals surface area contributed by atoms with Crippen LogP contribution >= 0.6 is 27.5 Å². The minimum absolute atomic E-state index is 0.216. The van der Waals surface area contributed by atoms with Crippen molar-refractivity contribution in [2.45, 2.75) is 13.8 Å². The highest BCUT2D eigenvalue weighted by molar-refractivity contribution is 9.10. The van der Waals surface area contributed by atoms with E-state index in [1.54, 1.807) is 6.08 Å². The van der Waals surface area contributed by atoms with Gasteiger partial charge in [-0.15, -0.1) is 0 Å². The van der Waals surface area contributed by atoms with Crippen LogP contribution in [0.4, 0.5) is 5.69 Å². The van der Waals surface area contributed by atoms with Crippen LogP contribution in [0.15, 0.2) is 63.5 Å². The second-order valence-electron chi connectivity index (χ2n) is 5.95. The van der Waals surface area contributed by atoms with E-state index in [-0.39, 0.29) is 5.91 Å². The molecule has 0 saturated heterocycles. The van der Waals surface area contributed by atoms with E-state index in [2.05, 4.69) is 21.2 Å². The normalized spacial score (nSPS) is 11.1. The lowest BCUT2D eigenvalue weighted by Crippen LogP contribution is -2.08. The average Bonchev–Trinajstić information content (AvgIpc) is 3.07. The number of nitrogens with one attached hydrogen (secondary N) is 1. The maximum Gasteiger partial charge on any atom is 0.248 e. The quantitative estimate of drug-likeness (QED) is 0.472. The van der Waals surface area contributed by atoms with Crippen molar-refractivity contribution >= 4 is 45.2 Å². The molecule has 0 bridgehead atoms. The van der Waals surface area contributed by atoms with Crippen LogP contribution in [-0.2, 0) is 4.79 Å². The van der Waals surface area contributed by atoms with E-state index in [4.69, 9.17) is 16.0 Å². The molecule has 0 aliphatic carbocycles. The van der Waals surface area contributed by atoms with Gasteiger partial charge in [-0.25, -0.2) is 0 Å². The highest BCUT2D eigenvalue weighted by atomic mass is 79.9. The van der Waals surface area contributed by atoms with Gasteiger partial charge in [0.15, 0.2) is 0 Å². The summed E-state index contributed by atoms with van der Waals surface area (Å²) >= 11 is 9.57. The van der Waals surface area contributed by atoms with E-state index in [0.717, 1.165) is 26.9 Å². The lowest BCUT2D eigenvalue weighted by atomic mass is 10.1. The van der Waals surface area contributed by atoms with Crippen LogP contribution < -0.4 is 5.32 Å². The summed E-state index contributed by atoms with van der Waals surface area (Å²) in [5.74, 6) is 1.09. The SMILES string of the molecule is Cc1ccc(-c2ccc(/C=C/C(=O)Nc3ccc(Br)cc3C)o2)cc1Cl. The van der Waals surface area contributed by atoms with Gasteiger partial charge in [0.25, 0.3) is 0 Å². The number of aryl methyl sites for hydroxylation is 2. The highest BCUT2D eigenvalue weighted by Crippen LogP contribution is 2.27. The van der Waals surface area contributed by atoms with Gasteiger partial charge >= 0.3 is 0 Å². The molecule has 3 nitrogen and oxygen atoms in total. The number of hydrogen-bond acceptors (Lipinski definition) is 2. The topological polar surface area (TPSA) is 42.2 Å². The minimum atomic E-state index is -0.216. The number of carbonyl (C=O) groups is 1. The Kier molecular flexibility index (Phi) is 5.64. The average molecular weight is 431 g/mol. The van der Waals surface area contributed by atoms with E-state index in [0.29, 0.717) is 16.5 Å². The number of hydrogen-bond donors (Lipinski definition) is 1. The van der Waals surface area contributed by atoms with Gasteiger partial charge in [0, 0.05) is 26.8 Å². The molecule has 0 aliphatic rings. The molecule has 0 spiro atoms. The van der Waals surface area contributed by atoms with Gasteiger partial charge in [-0.1, -0.05) is 39.7 Å². The van der Waals surface area contributed by atoms with Gasteiger partial charge < -0.3 is 9.73 Å². The standard InChI is InChI=1S/C21H17BrClNO2/c1-13-3-4-15(12-18(13)23)20-9-6-17(26-20)7-10-21(25)24-19-8-5-16(22)11-14(19)2/h3-12H,1-2H3,(H,24,25)/b10-7+. The minimum Gasteiger partial charge on any atom is -0.457 e. The molecule has 2 aromatic carbocycles. The number of benzene rings is 2. The summed E-state index contributed by atoms with van der Waals surface area (Å²) in [5, 5.41) is 3.55. The van der Waals surface area contributed by atoms with E-state index in [9.17, 15) is 4.79 Å². The van der Waals surface area contributed by atoms with E-state index in [1.165, 1.54) is 6.08 Å². The molecule has 1 aromatic heterocycles. The third-order valence-electron chi connectivity index (χ3n) is 3.93. The first-order valence-corrected chi connectivity index (χ1v) is 9.21. The van der Waals surface area contributed by atoms with Crippen molar-refractivity contribution in [3.63, 3.8) is 0 Å². The third-order valence-corrected chi connectivity index (χ3v) is 4.83. The summed E-state index contributed by atoms with van der Waals surface area (Å²) in [4.78, 5) is 12.1. The molecule has 1 amide bonds. The fourth-order valence-corrected chi connectivity index (χ4v) is 3.10. The predicted octanol–water partition coefficient (Wildman–Crippen LogP) is 6.63. The molecule has 0 fully saturated rings. The molecule has 5 heteroatoms. The van der Waals surface area contributed by atoms with Crippen LogP contribution in [-0.4, -0.2) is 5.91 Å². The van der Waals surface area contributed by atoms with E-state index in [1.807, 2.05) is 62.4 Å². The summed E-state index contributed by atoms with van der Waals surface area (Å²) in [6.45, 7) is 3.89. The maximum atomic E-state index is 12.1. The van der Waals surface area contributed by atoms with Crippen LogP contribution in [0.1, 0.15) is 16.9 Å². The molecule has 26 heavy (non-hydrogen) atoms. The van der Waals surface area contributed by atoms with Crippen molar-refractivity contribution in [2.75, 3.05) is 5.32 Å². The maximum absolute atomic E-state index is 12.1. The zero-order chi connectivity index (χ0) is 18.7. The summed E-state index contributed by atoms with van der Waals surface area (Å²) in [6.07, 6.45) is 3.09. The van der Waals surface area contributed by atoms with Crippen molar-refractivity contribution in [1.29, 1.82) is 0 Å². The second kappa shape index (κ2) is 7.94. The number of amides is 1. The molecule has 132 valence electrons. The van der Waals surface area contributed by atoms with Crippen LogP contribution in [0.2, 0.25) is 5.02 Å². The zero-order valence-electron chi connectivity index (χ0n) is 14.3. The molecule has 1 N–H and O–H groups in total. The van der Waals surface area contributed by atoms with Gasteiger partial charge in [-0.2, -0.15) is 0 Å². The first kappa shape index (κ1) is 18.5. The molecule has 0 unspecified atom stereocenters. The number of halogens is 2. The molecular weight excluding hydrogens is 414 g/mol. The molecule has 0 atom stereocenters. The van der Waals surface area contributed by atoms with Crippen LogP contribution in [0.25, 0.3) is 17.4 Å². The molecule has 0 radical (unpaired) electrons. The largest absolute Gasteiger partial charge is 0.457 e. The molecule has 0 saturated carbocycles. The Morgan fingerprint density at radius 1 is 1.08 bits per heavy atom. The summed E-state index contributed by atoms with van der Waals surface area (Å²) in [5.41, 5.74) is 3.67. The van der Waals surface area contributed by atoms with Crippen molar-refractivity contribution < 1.29 is 9.21 Å². The Morgan fingerprint density at radius 3 is 2.62 bits per heavy atom. The van der Waals surface area contributed by atoms with Crippen LogP contribution in [0.5, 0.6) is 0 Å². The van der Waals surface area contributed by atoms with Crippen molar-refractivity contribution in [3.8, 4) is 11.3 Å². The first-order valence-electron chi connectivity index (χ1n) is 8.04. The van der Waals surface area contributed by atoms with Crippen LogP contribution in [0, 0.1) is 13.8 Å². The Hall–Kier alpha value is -2.30. The van der Waals surface area contributed by atoms with Crippen LogP contribution in [0.3, 0.4) is 0 Å². The number of anilines is 1. The van der Waals surface area contributed by atoms with Crippen molar-refractivity contribution in [2.24, 2.45) is 0 Å². The van der Waals surface area contributed by atoms with E-state index >= 15 is 0 Å². The second-order valence-corrected chi connectivity index (χ2v) is 7.27. The Morgan fingerprint density at radius 2 is 1.88 bits per heavy atom. The van der Waals surface area contributed by atoms with Crippen molar-refractivity contribution in [3.05, 3.63) is 81.0 Å². The third kappa shape index (κ3) is 4.45. The van der Waals surface area contributed by atoms with Gasteiger partial charge in [-0.05, 0) is 67.4 Å². The Balaban J connectivity index is 1.69. The number of carbonyl (C=O) groups excluding carboxylic acids is 1. The Labute approximate surface area is 165 Å². The van der Waals surface area contributed by atoms with Gasteiger partial charge in [-0.3, -0.25) is 4.79 Å². The lowest BCUT2D eigenvalue weighted by molar-refractivity contribution is -0.111. The summed E-state index contributed by atoms with van der Waals surface area (Å²) < 4.78 is 6.75. The molecule has 0 aliphatic heterocycles. The monoisotopic (exact) mass is 429 g/mol. The predicted molar refractivity (Wildman–Crippen MR) is 110 cm³/mol. The lowest BCUT2D eigenvalue weighted by Gasteiger charge is -2.06. The fourth-order valence-electron chi connectivity index (χ4n) is 2.44. The molecule has 1 heterocycles. The number of rotatable bonds is 4. The first-order chi connectivity index (χ1) is 12.4. The molecule has 3 rings (SSSR count). The zero-order valence-corrected chi connectivity index (χ0v) is 16.7. The Bertz CT molecular complexity index is 991. The van der Waals surface area contributed by atoms with Gasteiger partial charge in [0.05, 0.1) is 0 Å². The molecule has 3 aromatic rings. The van der Waals surface area contributed by atoms with Gasteiger partial charge in [0.1, 0.15) is 11.5 Å². The van der Waals surface area contributed by atoms with Crippen molar-refractivity contribution in [1.82, 2.24) is 0 Å². The highest BCUT2D eigenvalue weighted by Gasteiger charge is 2.06. The van der Waals surface area contributed by atoms with Gasteiger partial charge in [0.2, 0.25) is 5.91 Å². The number of furan rings is 1. The summed E-state index contributed by atoms with van der Waals surface area (Å²) in [7, 11) is 0. The molecular formula is C21H17BrClNO2. The van der Waals surface area contributed by atoms with E-state index < -0.39 is 0 Å². The summed E-state index contributed by atoms with van der Waals surface area (Å²) in [6, 6.07) is 15.1. The smallest absolute Gasteiger partial charge is 0.248 e.